The van der Waals surface area contributed by atoms with Crippen LogP contribution in [0.4, 0.5) is 0 Å². The number of hydrogen-bond acceptors (Lipinski definition) is 5. The van der Waals surface area contributed by atoms with Gasteiger partial charge in [-0.05, 0) is 11.3 Å². The van der Waals surface area contributed by atoms with E-state index in [0.717, 1.165) is 0 Å². The monoisotopic (exact) mass is 178 g/mol. The molecule has 1 aliphatic heterocycles. The molecule has 66 valence electrons. The smallest absolute Gasteiger partial charge is 0.270 e. The maximum atomic E-state index is 11.0. The molecule has 6 nitrogen and oxygen atoms in total. The molecule has 0 aromatic carbocycles. The predicted octanol–water partition coefficient (Wildman–Crippen LogP) is 0.528. The van der Waals surface area contributed by atoms with E-state index in [2.05, 4.69) is 15.4 Å². The van der Waals surface area contributed by atoms with Crippen LogP contribution in [0.25, 0.3) is 0 Å². The maximum absolute atomic E-state index is 11.0. The van der Waals surface area contributed by atoms with Gasteiger partial charge in [0.2, 0.25) is 0 Å². The van der Waals surface area contributed by atoms with Crippen LogP contribution in [-0.2, 0) is 4.79 Å². The maximum Gasteiger partial charge on any atom is 0.270 e. The molecule has 0 bridgehead atoms. The van der Waals surface area contributed by atoms with Crippen molar-refractivity contribution < 1.29 is 10.0 Å². The molecule has 0 atom stereocenters. The molecule has 0 aromatic heterocycles. The number of carbonyl (C=O) groups excluding carboxylic acids is 1. The number of hydroxylamine groups is 1. The highest BCUT2D eigenvalue weighted by Gasteiger charge is 2.20. The summed E-state index contributed by atoms with van der Waals surface area (Å²) in [6, 6.07) is 0. The normalized spacial score (nSPS) is 18.7. The van der Waals surface area contributed by atoms with E-state index >= 15 is 0 Å². The van der Waals surface area contributed by atoms with Crippen LogP contribution < -0.4 is 5.48 Å². The van der Waals surface area contributed by atoms with E-state index in [0.29, 0.717) is 23.4 Å². The van der Waals surface area contributed by atoms with E-state index in [1.807, 2.05) is 0 Å². The summed E-state index contributed by atoms with van der Waals surface area (Å²) >= 11 is 0. The van der Waals surface area contributed by atoms with Gasteiger partial charge in [0.15, 0.2) is 0 Å². The Morgan fingerprint density at radius 3 is 3.15 bits per heavy atom. The van der Waals surface area contributed by atoms with Crippen molar-refractivity contribution in [3.8, 4) is 0 Å². The first-order valence-corrected chi connectivity index (χ1v) is 3.64. The molecule has 2 N–H and O–H groups in total. The quantitative estimate of drug-likeness (QED) is 0.453. The third-order valence-corrected chi connectivity index (χ3v) is 1.81. The lowest BCUT2D eigenvalue weighted by molar-refractivity contribution is -0.125. The van der Waals surface area contributed by atoms with E-state index in [4.69, 9.17) is 5.21 Å². The minimum absolute atomic E-state index is 0.352. The van der Waals surface area contributed by atoms with Crippen LogP contribution in [0.1, 0.15) is 6.42 Å². The minimum Gasteiger partial charge on any atom is -0.288 e. The van der Waals surface area contributed by atoms with Crippen molar-refractivity contribution in [1.82, 2.24) is 5.48 Å². The number of rotatable bonds is 1. The molecule has 0 aromatic rings. The number of hydrogen-bond donors (Lipinski definition) is 2. The lowest BCUT2D eigenvalue weighted by Gasteiger charge is -2.07. The zero-order valence-electron chi connectivity index (χ0n) is 6.56. The van der Waals surface area contributed by atoms with Gasteiger partial charge in [0.05, 0.1) is 5.71 Å². The van der Waals surface area contributed by atoms with Crippen LogP contribution >= 0.6 is 0 Å². The average molecular weight is 178 g/mol. The third kappa shape index (κ3) is 1.27. The van der Waals surface area contributed by atoms with Crippen molar-refractivity contribution in [2.24, 2.45) is 15.4 Å². The molecule has 2 aliphatic rings. The highest BCUT2D eigenvalue weighted by molar-refractivity contribution is 6.09. The molecule has 1 amide bonds. The van der Waals surface area contributed by atoms with Gasteiger partial charge in [0, 0.05) is 12.0 Å². The van der Waals surface area contributed by atoms with Crippen LogP contribution in [0.3, 0.4) is 0 Å². The largest absolute Gasteiger partial charge is 0.288 e. The van der Waals surface area contributed by atoms with Gasteiger partial charge in [-0.3, -0.25) is 10.0 Å². The van der Waals surface area contributed by atoms with Crippen LogP contribution in [0.5, 0.6) is 0 Å². The Bertz CT molecular complexity index is 378. The Hall–Kier alpha value is -1.82. The van der Waals surface area contributed by atoms with E-state index in [1.165, 1.54) is 0 Å². The fourth-order valence-electron chi connectivity index (χ4n) is 1.14. The Morgan fingerprint density at radius 1 is 1.54 bits per heavy atom. The SMILES string of the molecule is O=C(NO)C1=CC=C2N=NN=C2C1. The lowest BCUT2D eigenvalue weighted by atomic mass is 10.0. The molecule has 0 spiro atoms. The molecule has 0 radical (unpaired) electrons. The summed E-state index contributed by atoms with van der Waals surface area (Å²) < 4.78 is 0. The fourth-order valence-corrected chi connectivity index (χ4v) is 1.14. The zero-order chi connectivity index (χ0) is 9.26. The molecule has 1 aliphatic carbocycles. The van der Waals surface area contributed by atoms with E-state index < -0.39 is 5.91 Å². The first kappa shape index (κ1) is 7.81. The number of carbonyl (C=O) groups is 1. The van der Waals surface area contributed by atoms with Gasteiger partial charge < -0.3 is 0 Å². The number of allylic oxidation sites excluding steroid dienone is 3. The van der Waals surface area contributed by atoms with Crippen molar-refractivity contribution >= 4 is 11.6 Å². The molecular formula is C7H6N4O2. The lowest BCUT2D eigenvalue weighted by Crippen LogP contribution is -2.23. The van der Waals surface area contributed by atoms with Gasteiger partial charge in [-0.25, -0.2) is 5.48 Å². The zero-order valence-corrected chi connectivity index (χ0v) is 6.56. The number of nitrogens with one attached hydrogen (secondary N) is 1. The first-order chi connectivity index (χ1) is 6.31. The Balaban J connectivity index is 2.25. The van der Waals surface area contributed by atoms with Gasteiger partial charge in [-0.15, -0.1) is 10.2 Å². The predicted molar refractivity (Wildman–Crippen MR) is 43.0 cm³/mol. The molecular weight excluding hydrogens is 172 g/mol. The van der Waals surface area contributed by atoms with E-state index in [-0.39, 0.29) is 0 Å². The van der Waals surface area contributed by atoms with Crippen molar-refractivity contribution in [3.05, 3.63) is 23.4 Å². The first-order valence-electron chi connectivity index (χ1n) is 3.64. The number of nitrogens with zero attached hydrogens (tertiary/aromatic N) is 3. The van der Waals surface area contributed by atoms with Gasteiger partial charge in [0.1, 0.15) is 5.70 Å². The van der Waals surface area contributed by atoms with Gasteiger partial charge >= 0.3 is 0 Å². The second-order valence-electron chi connectivity index (χ2n) is 2.60. The van der Waals surface area contributed by atoms with Crippen molar-refractivity contribution in [1.29, 1.82) is 0 Å². The molecule has 0 saturated heterocycles. The summed E-state index contributed by atoms with van der Waals surface area (Å²) in [5, 5.41) is 19.3. The number of fused-ring (bicyclic) bond motifs is 1. The second-order valence-corrected chi connectivity index (χ2v) is 2.60. The van der Waals surface area contributed by atoms with Gasteiger partial charge in [-0.1, -0.05) is 6.08 Å². The second kappa shape index (κ2) is 2.91. The van der Waals surface area contributed by atoms with Crippen molar-refractivity contribution in [2.75, 3.05) is 0 Å². The molecule has 0 unspecified atom stereocenters. The highest BCUT2D eigenvalue weighted by Crippen LogP contribution is 2.21. The standard InChI is InChI=1S/C7H6N4O2/c12-7(10-13)4-1-2-5-6(3-4)9-11-8-5/h1-2,13H,3H2,(H,10,12). The van der Waals surface area contributed by atoms with E-state index in [1.54, 1.807) is 17.6 Å². The molecule has 0 saturated carbocycles. The summed E-state index contributed by atoms with van der Waals surface area (Å²) in [6.07, 6.45) is 3.58. The van der Waals surface area contributed by atoms with Crippen molar-refractivity contribution in [3.63, 3.8) is 0 Å². The van der Waals surface area contributed by atoms with E-state index in [9.17, 15) is 4.79 Å². The van der Waals surface area contributed by atoms with Crippen LogP contribution in [0, 0.1) is 0 Å². The van der Waals surface area contributed by atoms with Crippen molar-refractivity contribution in [2.45, 2.75) is 6.42 Å². The summed E-state index contributed by atoms with van der Waals surface area (Å²) in [7, 11) is 0. The molecule has 0 fully saturated rings. The minimum atomic E-state index is -0.523. The number of amides is 1. The molecule has 1 heterocycles. The summed E-state index contributed by atoms with van der Waals surface area (Å²) in [5.41, 5.74) is 3.33. The topological polar surface area (TPSA) is 86.4 Å². The fraction of sp³-hybridized carbons (Fsp3) is 0.143. The van der Waals surface area contributed by atoms with Gasteiger partial charge in [0.25, 0.3) is 5.91 Å². The average Bonchev–Trinajstić information content (AvgIpc) is 2.63. The Labute approximate surface area is 73.3 Å². The van der Waals surface area contributed by atoms with Crippen LogP contribution in [0.2, 0.25) is 0 Å². The van der Waals surface area contributed by atoms with Crippen LogP contribution in [-0.4, -0.2) is 16.8 Å². The molecule has 13 heavy (non-hydrogen) atoms. The molecule has 6 heteroatoms. The summed E-state index contributed by atoms with van der Waals surface area (Å²) in [5.74, 6) is -0.523. The summed E-state index contributed by atoms with van der Waals surface area (Å²) in [6.45, 7) is 0. The Kier molecular flexibility index (Phi) is 1.75. The Morgan fingerprint density at radius 2 is 2.38 bits per heavy atom. The highest BCUT2D eigenvalue weighted by atomic mass is 16.5. The molecule has 2 rings (SSSR count). The summed E-state index contributed by atoms with van der Waals surface area (Å²) in [4.78, 5) is 11.0. The third-order valence-electron chi connectivity index (χ3n) is 1.81. The van der Waals surface area contributed by atoms with Crippen LogP contribution in [0.15, 0.2) is 38.9 Å². The van der Waals surface area contributed by atoms with Gasteiger partial charge in [-0.2, -0.15) is 0 Å².